The third-order valence-corrected chi connectivity index (χ3v) is 4.05. The van der Waals surface area contributed by atoms with E-state index in [1.165, 1.54) is 6.92 Å². The average molecular weight is 402 g/mol. The van der Waals surface area contributed by atoms with Gasteiger partial charge in [-0.1, -0.05) is 6.42 Å². The number of rotatable bonds is 15. The highest BCUT2D eigenvalue weighted by Crippen LogP contribution is 2.04. The summed E-state index contributed by atoms with van der Waals surface area (Å²) in [7, 11) is 0. The van der Waals surface area contributed by atoms with E-state index in [-0.39, 0.29) is 0 Å². The zero-order valence-corrected chi connectivity index (χ0v) is 16.4. The highest BCUT2D eigenvalue weighted by molar-refractivity contribution is 5.93. The van der Waals surface area contributed by atoms with Crippen LogP contribution in [0.25, 0.3) is 0 Å². The lowest BCUT2D eigenvalue weighted by Gasteiger charge is -2.22. The van der Waals surface area contributed by atoms with Crippen LogP contribution in [0.15, 0.2) is 0 Å². The van der Waals surface area contributed by atoms with Crippen molar-refractivity contribution in [2.24, 2.45) is 17.2 Å². The van der Waals surface area contributed by atoms with Crippen LogP contribution in [0.4, 0.5) is 0 Å². The highest BCUT2D eigenvalue weighted by atomic mass is 16.4. The molecule has 0 saturated heterocycles. The molecule has 0 aliphatic carbocycles. The van der Waals surface area contributed by atoms with Crippen molar-refractivity contribution in [2.45, 2.75) is 63.6 Å². The first-order valence-electron chi connectivity index (χ1n) is 9.48. The maximum atomic E-state index is 12.5. The molecular weight excluding hydrogens is 368 g/mol. The van der Waals surface area contributed by atoms with Gasteiger partial charge in [0.25, 0.3) is 0 Å². The molecule has 0 fully saturated rings. The van der Waals surface area contributed by atoms with Crippen molar-refractivity contribution in [1.82, 2.24) is 16.0 Å². The molecule has 0 aromatic rings. The van der Waals surface area contributed by atoms with Gasteiger partial charge in [0, 0.05) is 0 Å². The van der Waals surface area contributed by atoms with E-state index in [0.717, 1.165) is 6.42 Å². The maximum absolute atomic E-state index is 12.5. The molecule has 0 radical (unpaired) electrons. The summed E-state index contributed by atoms with van der Waals surface area (Å²) in [5.74, 6) is -2.82. The van der Waals surface area contributed by atoms with Crippen molar-refractivity contribution >= 4 is 23.7 Å². The summed E-state index contributed by atoms with van der Waals surface area (Å²) in [5, 5.41) is 15.9. The maximum Gasteiger partial charge on any atom is 0.322 e. The molecule has 28 heavy (non-hydrogen) atoms. The molecule has 0 rings (SSSR count). The minimum atomic E-state index is -1.19. The first-order chi connectivity index (χ1) is 13.2. The van der Waals surface area contributed by atoms with Crippen LogP contribution in [0.2, 0.25) is 0 Å². The Morgan fingerprint density at radius 1 is 0.857 bits per heavy atom. The van der Waals surface area contributed by atoms with E-state index in [1.54, 1.807) is 0 Å². The minimum Gasteiger partial charge on any atom is -0.480 e. The molecule has 0 saturated carbocycles. The van der Waals surface area contributed by atoms with Crippen molar-refractivity contribution in [1.29, 1.82) is 0 Å². The van der Waals surface area contributed by atoms with Gasteiger partial charge in [0.15, 0.2) is 0 Å². The van der Waals surface area contributed by atoms with Crippen LogP contribution in [0.1, 0.15) is 45.4 Å². The predicted octanol–water partition coefficient (Wildman–Crippen LogP) is -2.24. The number of nitrogens with two attached hydrogens (primary N) is 3. The van der Waals surface area contributed by atoms with Crippen molar-refractivity contribution in [3.8, 4) is 0 Å². The Bertz CT molecular complexity index is 516. The van der Waals surface area contributed by atoms with E-state index in [9.17, 15) is 19.2 Å². The molecule has 11 heteroatoms. The summed E-state index contributed by atoms with van der Waals surface area (Å²) >= 11 is 0. The number of carbonyl (C=O) groups excluding carboxylic acids is 3. The van der Waals surface area contributed by atoms with Crippen LogP contribution >= 0.6 is 0 Å². The van der Waals surface area contributed by atoms with Crippen LogP contribution in [-0.4, -0.2) is 66.6 Å². The second kappa shape index (κ2) is 14.8. The molecule has 0 aromatic heterocycles. The third-order valence-electron chi connectivity index (χ3n) is 4.05. The molecule has 10 N–H and O–H groups in total. The highest BCUT2D eigenvalue weighted by Gasteiger charge is 2.26. The second-order valence-electron chi connectivity index (χ2n) is 6.58. The Morgan fingerprint density at radius 3 is 1.96 bits per heavy atom. The van der Waals surface area contributed by atoms with Gasteiger partial charge in [0.1, 0.15) is 18.6 Å². The van der Waals surface area contributed by atoms with E-state index in [2.05, 4.69) is 16.0 Å². The predicted molar refractivity (Wildman–Crippen MR) is 104 cm³/mol. The molecule has 162 valence electrons. The van der Waals surface area contributed by atoms with Crippen molar-refractivity contribution in [3.05, 3.63) is 0 Å². The Labute approximate surface area is 165 Å². The van der Waals surface area contributed by atoms with Gasteiger partial charge >= 0.3 is 5.97 Å². The monoisotopic (exact) mass is 402 g/mol. The van der Waals surface area contributed by atoms with Gasteiger partial charge in [-0.05, 0) is 52.1 Å². The molecule has 3 atom stereocenters. The molecule has 0 unspecified atom stereocenters. The van der Waals surface area contributed by atoms with Gasteiger partial charge in [-0.2, -0.15) is 0 Å². The number of aliphatic carboxylic acids is 1. The zero-order chi connectivity index (χ0) is 21.5. The van der Waals surface area contributed by atoms with Gasteiger partial charge in [-0.3, -0.25) is 19.2 Å². The second-order valence-corrected chi connectivity index (χ2v) is 6.58. The van der Waals surface area contributed by atoms with E-state index < -0.39 is 48.4 Å². The number of unbranched alkanes of at least 4 members (excludes halogenated alkanes) is 2. The fourth-order valence-electron chi connectivity index (χ4n) is 2.38. The number of hydrogen-bond donors (Lipinski definition) is 7. The first-order valence-corrected chi connectivity index (χ1v) is 9.48. The first kappa shape index (κ1) is 25.8. The van der Waals surface area contributed by atoms with Gasteiger partial charge in [0.05, 0.1) is 6.04 Å². The number of carbonyl (C=O) groups is 4. The van der Waals surface area contributed by atoms with E-state index >= 15 is 0 Å². The van der Waals surface area contributed by atoms with Crippen LogP contribution in [0.3, 0.4) is 0 Å². The zero-order valence-electron chi connectivity index (χ0n) is 16.4. The normalized spacial score (nSPS) is 13.9. The minimum absolute atomic E-state index is 0.341. The molecule has 0 heterocycles. The van der Waals surface area contributed by atoms with Crippen molar-refractivity contribution in [3.63, 3.8) is 0 Å². The molecule has 0 spiro atoms. The largest absolute Gasteiger partial charge is 0.480 e. The molecular formula is C17H34N6O5. The number of nitrogens with one attached hydrogen (secondary N) is 3. The molecule has 0 bridgehead atoms. The fraction of sp³-hybridized carbons (Fsp3) is 0.765. The molecule has 0 aromatic carbocycles. The topological polar surface area (TPSA) is 203 Å². The Morgan fingerprint density at radius 2 is 1.43 bits per heavy atom. The SMILES string of the molecule is C[C@H](NC(=O)[C@H](CCCCN)NC(=O)[C@@H](N)CCCCN)C(=O)NCC(=O)O. The number of carboxylic acid groups (broad SMARTS) is 1. The van der Waals surface area contributed by atoms with E-state index in [1.807, 2.05) is 0 Å². The Balaban J connectivity index is 4.78. The fourth-order valence-corrected chi connectivity index (χ4v) is 2.38. The standard InChI is InChI=1S/C17H34N6O5/c1-11(15(26)21-10-14(24)25)22-17(28)13(7-3-5-9-19)23-16(27)12(20)6-2-4-8-18/h11-13H,2-10,18-20H2,1H3,(H,21,26)(H,22,28)(H,23,27)(H,24,25)/t11-,12-,13-/m0/s1. The van der Waals surface area contributed by atoms with Gasteiger partial charge in [-0.25, -0.2) is 0 Å². The van der Waals surface area contributed by atoms with E-state index in [4.69, 9.17) is 22.3 Å². The summed E-state index contributed by atoms with van der Waals surface area (Å²) < 4.78 is 0. The lowest BCUT2D eigenvalue weighted by molar-refractivity contribution is -0.138. The Hall–Kier alpha value is -2.24. The van der Waals surface area contributed by atoms with Crippen LogP contribution < -0.4 is 33.2 Å². The van der Waals surface area contributed by atoms with Crippen molar-refractivity contribution in [2.75, 3.05) is 19.6 Å². The van der Waals surface area contributed by atoms with Crippen molar-refractivity contribution < 1.29 is 24.3 Å². The van der Waals surface area contributed by atoms with Gasteiger partial charge in [-0.15, -0.1) is 0 Å². The summed E-state index contributed by atoms with van der Waals surface area (Å²) in [5.41, 5.74) is 16.7. The number of carboxylic acids is 1. The number of amides is 3. The van der Waals surface area contributed by atoms with Crippen LogP contribution in [-0.2, 0) is 19.2 Å². The Kier molecular flexibility index (Phi) is 13.6. The molecule has 0 aliphatic heterocycles. The lowest BCUT2D eigenvalue weighted by atomic mass is 10.1. The lowest BCUT2D eigenvalue weighted by Crippen LogP contribution is -2.55. The summed E-state index contributed by atoms with van der Waals surface area (Å²) in [4.78, 5) is 47.1. The quantitative estimate of drug-likeness (QED) is 0.149. The summed E-state index contributed by atoms with van der Waals surface area (Å²) in [6, 6.07) is -2.58. The van der Waals surface area contributed by atoms with E-state index in [0.29, 0.717) is 45.2 Å². The third kappa shape index (κ3) is 11.5. The molecule has 11 nitrogen and oxygen atoms in total. The average Bonchev–Trinajstić information content (AvgIpc) is 2.65. The number of hydrogen-bond acceptors (Lipinski definition) is 7. The summed E-state index contributed by atoms with van der Waals surface area (Å²) in [6.07, 6.45) is 3.54. The summed E-state index contributed by atoms with van der Waals surface area (Å²) in [6.45, 7) is 1.84. The van der Waals surface area contributed by atoms with Crippen LogP contribution in [0, 0.1) is 0 Å². The van der Waals surface area contributed by atoms with Gasteiger partial charge < -0.3 is 38.3 Å². The van der Waals surface area contributed by atoms with Gasteiger partial charge in [0.2, 0.25) is 17.7 Å². The molecule has 3 amide bonds. The smallest absolute Gasteiger partial charge is 0.322 e. The molecule has 0 aliphatic rings. The van der Waals surface area contributed by atoms with Crippen LogP contribution in [0.5, 0.6) is 0 Å².